The molecule has 1 aliphatic rings. The predicted molar refractivity (Wildman–Crippen MR) is 92.5 cm³/mol. The van der Waals surface area contributed by atoms with Gasteiger partial charge >= 0.3 is 5.69 Å². The molecule has 3 aromatic rings. The van der Waals surface area contributed by atoms with Crippen LogP contribution in [-0.2, 0) is 20.6 Å². The van der Waals surface area contributed by atoms with Crippen LogP contribution in [0.15, 0.2) is 38.3 Å². The van der Waals surface area contributed by atoms with Gasteiger partial charge in [-0.3, -0.25) is 18.5 Å². The van der Waals surface area contributed by atoms with E-state index in [1.54, 1.807) is 7.05 Å². The summed E-state index contributed by atoms with van der Waals surface area (Å²) in [6.07, 6.45) is 0. The van der Waals surface area contributed by atoms with Crippen LogP contribution in [-0.4, -0.2) is 23.9 Å². The first-order chi connectivity index (χ1) is 11.5. The number of rotatable bonds is 1. The number of anilines is 2. The Balaban J connectivity index is 1.89. The van der Waals surface area contributed by atoms with E-state index in [9.17, 15) is 9.59 Å². The first-order valence-electron chi connectivity index (χ1n) is 7.22. The van der Waals surface area contributed by atoms with Gasteiger partial charge in [0.05, 0.1) is 12.1 Å². The molecule has 9 heteroatoms. The van der Waals surface area contributed by atoms with Crippen molar-refractivity contribution in [2.75, 3.05) is 5.32 Å². The van der Waals surface area contributed by atoms with E-state index in [2.05, 4.69) is 31.4 Å². The molecule has 0 radical (unpaired) electrons. The first kappa shape index (κ1) is 14.9. The number of nitrogens with zero attached hydrogens (tertiary/aromatic N) is 5. The minimum atomic E-state index is -0.382. The molecule has 122 valence electrons. The molecule has 4 rings (SSSR count). The predicted octanol–water partition coefficient (Wildman–Crippen LogP) is 1.21. The Kier molecular flexibility index (Phi) is 3.20. The molecule has 0 aliphatic carbocycles. The summed E-state index contributed by atoms with van der Waals surface area (Å²) < 4.78 is 5.32. The molecule has 0 unspecified atom stereocenters. The normalized spacial score (nSPS) is 12.5. The Bertz CT molecular complexity index is 1080. The summed E-state index contributed by atoms with van der Waals surface area (Å²) in [4.78, 5) is 24.5. The fraction of sp³-hybridized carbons (Fsp3) is 0.200. The molecule has 0 spiro atoms. The van der Waals surface area contributed by atoms with Gasteiger partial charge in [0, 0.05) is 24.1 Å². The zero-order valence-corrected chi connectivity index (χ0v) is 14.5. The highest BCUT2D eigenvalue weighted by molar-refractivity contribution is 9.10. The molecule has 2 aromatic heterocycles. The lowest BCUT2D eigenvalue weighted by atomic mass is 10.2. The first-order valence-corrected chi connectivity index (χ1v) is 8.01. The lowest BCUT2D eigenvalue weighted by Crippen LogP contribution is -2.42. The van der Waals surface area contributed by atoms with Crippen molar-refractivity contribution >= 4 is 27.7 Å². The molecule has 3 heterocycles. The summed E-state index contributed by atoms with van der Waals surface area (Å²) in [6, 6.07) is 7.69. The smallest absolute Gasteiger partial charge is 0.310 e. The Morgan fingerprint density at radius 2 is 1.79 bits per heavy atom. The van der Waals surface area contributed by atoms with E-state index in [4.69, 9.17) is 0 Å². The fourth-order valence-electron chi connectivity index (χ4n) is 2.84. The van der Waals surface area contributed by atoms with Crippen molar-refractivity contribution in [1.82, 2.24) is 23.9 Å². The van der Waals surface area contributed by atoms with Crippen LogP contribution >= 0.6 is 15.9 Å². The third kappa shape index (κ3) is 2.04. The van der Waals surface area contributed by atoms with E-state index in [0.717, 1.165) is 14.6 Å². The van der Waals surface area contributed by atoms with Crippen molar-refractivity contribution in [2.45, 2.75) is 6.54 Å². The highest BCUT2D eigenvalue weighted by Crippen LogP contribution is 2.29. The van der Waals surface area contributed by atoms with Crippen LogP contribution < -0.4 is 16.6 Å². The Morgan fingerprint density at radius 3 is 2.50 bits per heavy atom. The molecular formula is C15H13BrN6O2. The van der Waals surface area contributed by atoms with Gasteiger partial charge in [0.15, 0.2) is 5.82 Å². The second-order valence-corrected chi connectivity index (χ2v) is 6.51. The van der Waals surface area contributed by atoms with Gasteiger partial charge in [0.2, 0.25) is 5.95 Å². The van der Waals surface area contributed by atoms with Gasteiger partial charge < -0.3 is 5.32 Å². The number of hydrogen-bond donors (Lipinski definition) is 1. The SMILES string of the molecule is Cn1c2c(c(=O)n(C)c1=O)Cn1c(nnc1-c1ccc(Br)cc1)N2. The third-order valence-corrected chi connectivity index (χ3v) is 4.69. The van der Waals surface area contributed by atoms with Crippen molar-refractivity contribution in [3.8, 4) is 11.4 Å². The van der Waals surface area contributed by atoms with Crippen molar-refractivity contribution in [2.24, 2.45) is 14.1 Å². The van der Waals surface area contributed by atoms with Crippen LogP contribution in [0.4, 0.5) is 11.8 Å². The van der Waals surface area contributed by atoms with Gasteiger partial charge in [-0.05, 0) is 12.1 Å². The molecule has 0 saturated carbocycles. The van der Waals surface area contributed by atoms with Crippen LogP contribution in [0.25, 0.3) is 11.4 Å². The highest BCUT2D eigenvalue weighted by atomic mass is 79.9. The molecule has 0 atom stereocenters. The number of halogens is 1. The molecule has 1 aromatic carbocycles. The monoisotopic (exact) mass is 388 g/mol. The number of hydrogen-bond acceptors (Lipinski definition) is 5. The maximum absolute atomic E-state index is 12.5. The molecule has 0 fully saturated rings. The van der Waals surface area contributed by atoms with Crippen LogP contribution in [0.5, 0.6) is 0 Å². The summed E-state index contributed by atoms with van der Waals surface area (Å²) in [5.41, 5.74) is 0.697. The molecule has 1 aliphatic heterocycles. The quantitative estimate of drug-likeness (QED) is 0.529. The molecule has 1 N–H and O–H groups in total. The third-order valence-electron chi connectivity index (χ3n) is 4.16. The topological polar surface area (TPSA) is 86.7 Å². The van der Waals surface area contributed by atoms with Crippen LogP contribution in [0, 0.1) is 0 Å². The minimum absolute atomic E-state index is 0.302. The summed E-state index contributed by atoms with van der Waals surface area (Å²) in [5, 5.41) is 11.4. The molecule has 0 saturated heterocycles. The van der Waals surface area contributed by atoms with Gasteiger partial charge in [0.1, 0.15) is 5.82 Å². The minimum Gasteiger partial charge on any atom is -0.310 e. The summed E-state index contributed by atoms with van der Waals surface area (Å²) in [6.45, 7) is 0.302. The van der Waals surface area contributed by atoms with Gasteiger partial charge in [-0.2, -0.15) is 0 Å². The van der Waals surface area contributed by atoms with Crippen LogP contribution in [0.2, 0.25) is 0 Å². The van der Waals surface area contributed by atoms with Gasteiger partial charge in [0.25, 0.3) is 5.56 Å². The van der Waals surface area contributed by atoms with Gasteiger partial charge in [-0.25, -0.2) is 4.79 Å². The summed E-state index contributed by atoms with van der Waals surface area (Å²) >= 11 is 3.41. The lowest BCUT2D eigenvalue weighted by molar-refractivity contribution is 0.650. The molecular weight excluding hydrogens is 376 g/mol. The van der Waals surface area contributed by atoms with Gasteiger partial charge in [-0.15, -0.1) is 10.2 Å². The fourth-order valence-corrected chi connectivity index (χ4v) is 3.10. The Labute approximate surface area is 144 Å². The van der Waals surface area contributed by atoms with E-state index in [1.165, 1.54) is 11.6 Å². The molecule has 24 heavy (non-hydrogen) atoms. The zero-order chi connectivity index (χ0) is 17.0. The average molecular weight is 389 g/mol. The average Bonchev–Trinajstić information content (AvgIpc) is 3.00. The largest absolute Gasteiger partial charge is 0.332 e. The number of fused-ring (bicyclic) bond motifs is 2. The Morgan fingerprint density at radius 1 is 1.08 bits per heavy atom. The maximum atomic E-state index is 12.5. The van der Waals surface area contributed by atoms with E-state index < -0.39 is 0 Å². The van der Waals surface area contributed by atoms with Crippen molar-refractivity contribution < 1.29 is 0 Å². The second-order valence-electron chi connectivity index (χ2n) is 5.60. The van der Waals surface area contributed by atoms with Gasteiger partial charge in [-0.1, -0.05) is 28.1 Å². The Hall–Kier alpha value is -2.68. The van der Waals surface area contributed by atoms with Crippen molar-refractivity contribution in [1.29, 1.82) is 0 Å². The second kappa shape index (κ2) is 5.17. The van der Waals surface area contributed by atoms with Crippen LogP contribution in [0.1, 0.15) is 5.56 Å². The van der Waals surface area contributed by atoms with Crippen molar-refractivity contribution in [3.63, 3.8) is 0 Å². The van der Waals surface area contributed by atoms with Crippen LogP contribution in [0.3, 0.4) is 0 Å². The van der Waals surface area contributed by atoms with E-state index in [1.807, 2.05) is 28.8 Å². The number of nitrogens with one attached hydrogen (secondary N) is 1. The number of aromatic nitrogens is 5. The molecule has 0 amide bonds. The molecule has 8 nitrogen and oxygen atoms in total. The van der Waals surface area contributed by atoms with E-state index >= 15 is 0 Å². The number of benzene rings is 1. The zero-order valence-electron chi connectivity index (χ0n) is 12.9. The van der Waals surface area contributed by atoms with E-state index in [-0.39, 0.29) is 11.2 Å². The lowest BCUT2D eigenvalue weighted by Gasteiger charge is -2.22. The standard InChI is InChI=1S/C15H13BrN6O2/c1-20-12-10(13(23)21(2)15(20)24)7-22-11(18-19-14(22)17-12)8-3-5-9(16)6-4-8/h3-6H,7H2,1-2H3,(H,17,19). The highest BCUT2D eigenvalue weighted by Gasteiger charge is 2.26. The maximum Gasteiger partial charge on any atom is 0.332 e. The summed E-state index contributed by atoms with van der Waals surface area (Å²) in [7, 11) is 3.09. The van der Waals surface area contributed by atoms with E-state index in [0.29, 0.717) is 29.7 Å². The molecule has 0 bridgehead atoms. The van der Waals surface area contributed by atoms with Crippen molar-refractivity contribution in [3.05, 3.63) is 55.1 Å². The summed E-state index contributed by atoms with van der Waals surface area (Å²) in [5.74, 6) is 1.63.